The van der Waals surface area contributed by atoms with Crippen LogP contribution in [0.4, 0.5) is 0 Å². The fraction of sp³-hybridized carbons (Fsp3) is 0.600. The average Bonchev–Trinajstić information content (AvgIpc) is 3.21. The molecule has 2 aliphatic rings. The normalized spacial score (nSPS) is 23.2. The Labute approximate surface area is 177 Å². The van der Waals surface area contributed by atoms with Gasteiger partial charge in [-0.25, -0.2) is 13.2 Å². The van der Waals surface area contributed by atoms with E-state index in [1.165, 1.54) is 22.5 Å². The Morgan fingerprint density at radius 3 is 2.38 bits per heavy atom. The number of nitrogens with zero attached hydrogens (tertiary/aromatic N) is 2. The lowest BCUT2D eigenvalue weighted by atomic mass is 9.92. The van der Waals surface area contributed by atoms with Crippen LogP contribution in [0.2, 0.25) is 5.02 Å². The number of carbonyl (C=O) groups excluding carboxylic acids is 2. The van der Waals surface area contributed by atoms with Crippen LogP contribution in [0.15, 0.2) is 23.1 Å². The van der Waals surface area contributed by atoms with E-state index in [-0.39, 0.29) is 28.0 Å². The van der Waals surface area contributed by atoms with Crippen molar-refractivity contribution >= 4 is 33.5 Å². The Balaban J connectivity index is 1.67. The number of rotatable bonds is 5. The summed E-state index contributed by atoms with van der Waals surface area (Å²) in [6.45, 7) is 6.01. The summed E-state index contributed by atoms with van der Waals surface area (Å²) in [5.41, 5.74) is 0.0559. The molecule has 0 aromatic heterocycles. The maximum Gasteiger partial charge on any atom is 0.338 e. The van der Waals surface area contributed by atoms with Gasteiger partial charge in [-0.1, -0.05) is 25.4 Å². The highest BCUT2D eigenvalue weighted by Gasteiger charge is 2.30. The first-order chi connectivity index (χ1) is 13.7. The highest BCUT2D eigenvalue weighted by molar-refractivity contribution is 7.89. The molecule has 1 amide bonds. The molecule has 9 heteroatoms. The number of amides is 1. The van der Waals surface area contributed by atoms with Gasteiger partial charge in [-0.15, -0.1) is 0 Å². The minimum absolute atomic E-state index is 0.0559. The van der Waals surface area contributed by atoms with E-state index in [9.17, 15) is 18.0 Å². The molecule has 0 saturated carbocycles. The summed E-state index contributed by atoms with van der Waals surface area (Å²) >= 11 is 6.10. The van der Waals surface area contributed by atoms with Crippen LogP contribution in [-0.4, -0.2) is 62.3 Å². The molecule has 1 aromatic carbocycles. The first kappa shape index (κ1) is 22.1. The van der Waals surface area contributed by atoms with Crippen LogP contribution < -0.4 is 0 Å². The third-order valence-corrected chi connectivity index (χ3v) is 7.78. The molecule has 0 N–H and O–H groups in total. The minimum Gasteiger partial charge on any atom is -0.452 e. The van der Waals surface area contributed by atoms with Gasteiger partial charge in [0.2, 0.25) is 10.0 Å². The summed E-state index contributed by atoms with van der Waals surface area (Å²) < 4.78 is 32.1. The summed E-state index contributed by atoms with van der Waals surface area (Å²) in [5.74, 6) is -0.164. The zero-order valence-corrected chi connectivity index (χ0v) is 18.3. The van der Waals surface area contributed by atoms with Crippen LogP contribution in [0.5, 0.6) is 0 Å². The second-order valence-electron chi connectivity index (χ2n) is 8.08. The van der Waals surface area contributed by atoms with E-state index in [4.69, 9.17) is 16.3 Å². The molecule has 0 unspecified atom stereocenters. The van der Waals surface area contributed by atoms with Crippen LogP contribution in [0.25, 0.3) is 0 Å². The van der Waals surface area contributed by atoms with Crippen LogP contribution in [0, 0.1) is 11.8 Å². The van der Waals surface area contributed by atoms with Gasteiger partial charge in [0.15, 0.2) is 6.61 Å². The molecule has 3 rings (SSSR count). The Morgan fingerprint density at radius 1 is 1.14 bits per heavy atom. The number of halogens is 1. The molecule has 1 aromatic rings. The van der Waals surface area contributed by atoms with Crippen molar-refractivity contribution in [3.05, 3.63) is 28.8 Å². The fourth-order valence-corrected chi connectivity index (χ4v) is 6.08. The Bertz CT molecular complexity index is 873. The number of ether oxygens (including phenoxy) is 1. The number of piperidine rings is 1. The van der Waals surface area contributed by atoms with Crippen molar-refractivity contribution in [2.45, 2.75) is 38.0 Å². The molecular formula is C20H27ClN2O5S. The Morgan fingerprint density at radius 2 is 1.76 bits per heavy atom. The third kappa shape index (κ3) is 5.10. The average molecular weight is 443 g/mol. The molecule has 0 aliphatic carbocycles. The first-order valence-corrected chi connectivity index (χ1v) is 11.7. The number of sulfonamides is 1. The first-order valence-electron chi connectivity index (χ1n) is 9.93. The lowest BCUT2D eigenvalue weighted by Gasteiger charge is -2.34. The van der Waals surface area contributed by atoms with Gasteiger partial charge in [0.25, 0.3) is 5.91 Å². The highest BCUT2D eigenvalue weighted by Crippen LogP contribution is 2.28. The summed E-state index contributed by atoms with van der Waals surface area (Å²) in [4.78, 5) is 26.4. The lowest BCUT2D eigenvalue weighted by Crippen LogP contribution is -2.44. The van der Waals surface area contributed by atoms with Gasteiger partial charge in [0, 0.05) is 26.2 Å². The van der Waals surface area contributed by atoms with Crippen molar-refractivity contribution in [3.63, 3.8) is 0 Å². The van der Waals surface area contributed by atoms with Gasteiger partial charge in [-0.3, -0.25) is 4.79 Å². The molecule has 0 radical (unpaired) electrons. The van der Waals surface area contributed by atoms with E-state index in [0.717, 1.165) is 19.3 Å². The number of carbonyl (C=O) groups is 2. The molecule has 2 fully saturated rings. The number of hydrogen-bond donors (Lipinski definition) is 0. The number of likely N-dealkylation sites (tertiary alicyclic amines) is 1. The topological polar surface area (TPSA) is 84.0 Å². The van der Waals surface area contributed by atoms with Crippen molar-refractivity contribution in [2.24, 2.45) is 11.8 Å². The molecule has 2 atom stereocenters. The zero-order valence-electron chi connectivity index (χ0n) is 16.8. The number of benzene rings is 1. The van der Waals surface area contributed by atoms with Crippen LogP contribution >= 0.6 is 11.6 Å². The molecule has 29 heavy (non-hydrogen) atoms. The molecule has 7 nitrogen and oxygen atoms in total. The van der Waals surface area contributed by atoms with E-state index in [2.05, 4.69) is 13.8 Å². The maximum absolute atomic E-state index is 12.8. The second kappa shape index (κ2) is 9.02. The van der Waals surface area contributed by atoms with Gasteiger partial charge in [-0.05, 0) is 49.3 Å². The van der Waals surface area contributed by atoms with Gasteiger partial charge >= 0.3 is 5.97 Å². The van der Waals surface area contributed by atoms with Crippen LogP contribution in [-0.2, 0) is 19.6 Å². The van der Waals surface area contributed by atoms with Crippen molar-refractivity contribution < 1.29 is 22.7 Å². The zero-order chi connectivity index (χ0) is 21.2. The summed E-state index contributed by atoms with van der Waals surface area (Å²) in [7, 11) is -3.77. The molecule has 0 bridgehead atoms. The van der Waals surface area contributed by atoms with Crippen molar-refractivity contribution in [2.75, 3.05) is 32.8 Å². The minimum atomic E-state index is -3.77. The van der Waals surface area contributed by atoms with E-state index in [1.54, 1.807) is 4.90 Å². The molecule has 160 valence electrons. The summed E-state index contributed by atoms with van der Waals surface area (Å²) in [6.07, 6.45) is 2.67. The van der Waals surface area contributed by atoms with E-state index in [0.29, 0.717) is 38.0 Å². The largest absolute Gasteiger partial charge is 0.452 e. The standard InChI is InChI=1S/C20H27ClN2O5S/c1-14-9-15(2)12-22(11-14)19(24)13-28-20(25)16-5-6-17(21)18(10-16)29(26,27)23-7-3-4-8-23/h5-6,10,14-15H,3-4,7-9,11-13H2,1-2H3/t14-,15+. The van der Waals surface area contributed by atoms with Crippen molar-refractivity contribution in [1.82, 2.24) is 9.21 Å². The number of hydrogen-bond acceptors (Lipinski definition) is 5. The Kier molecular flexibility index (Phi) is 6.86. The predicted molar refractivity (Wildman–Crippen MR) is 109 cm³/mol. The quantitative estimate of drug-likeness (QED) is 0.654. The smallest absolute Gasteiger partial charge is 0.338 e. The van der Waals surface area contributed by atoms with Crippen molar-refractivity contribution in [3.8, 4) is 0 Å². The lowest BCUT2D eigenvalue weighted by molar-refractivity contribution is -0.137. The van der Waals surface area contributed by atoms with E-state index < -0.39 is 16.0 Å². The van der Waals surface area contributed by atoms with Gasteiger partial charge in [-0.2, -0.15) is 4.31 Å². The molecule has 2 saturated heterocycles. The maximum atomic E-state index is 12.8. The fourth-order valence-electron chi connectivity index (χ4n) is 4.06. The molecular weight excluding hydrogens is 416 g/mol. The van der Waals surface area contributed by atoms with Crippen LogP contribution in [0.3, 0.4) is 0 Å². The van der Waals surface area contributed by atoms with Crippen LogP contribution in [0.1, 0.15) is 43.5 Å². The monoisotopic (exact) mass is 442 g/mol. The predicted octanol–water partition coefficient (Wildman–Crippen LogP) is 2.79. The second-order valence-corrected chi connectivity index (χ2v) is 10.4. The number of esters is 1. The summed E-state index contributed by atoms with van der Waals surface area (Å²) in [6, 6.07) is 4.01. The molecule has 0 spiro atoms. The van der Waals surface area contributed by atoms with Crippen molar-refractivity contribution in [1.29, 1.82) is 0 Å². The van der Waals surface area contributed by atoms with Gasteiger partial charge < -0.3 is 9.64 Å². The molecule has 2 aliphatic heterocycles. The third-order valence-electron chi connectivity index (χ3n) is 5.40. The van der Waals surface area contributed by atoms with Gasteiger partial charge in [0.05, 0.1) is 10.6 Å². The SMILES string of the molecule is C[C@@H]1C[C@H](C)CN(C(=O)COC(=O)c2ccc(Cl)c(S(=O)(=O)N3CCCC3)c2)C1. The highest BCUT2D eigenvalue weighted by atomic mass is 35.5. The summed E-state index contributed by atoms with van der Waals surface area (Å²) in [5, 5.41) is 0.0563. The van der Waals surface area contributed by atoms with E-state index >= 15 is 0 Å². The van der Waals surface area contributed by atoms with Gasteiger partial charge in [0.1, 0.15) is 4.90 Å². The molecule has 2 heterocycles. The van der Waals surface area contributed by atoms with E-state index in [1.807, 2.05) is 0 Å². The Hall–Kier alpha value is -1.64.